The first-order valence-electron chi connectivity index (χ1n) is 11.2. The Labute approximate surface area is 174 Å². The summed E-state index contributed by atoms with van der Waals surface area (Å²) in [6.07, 6.45) is 15.6. The first kappa shape index (κ1) is 22.5. The number of carbonyl (C=O) groups excluding carboxylic acids is 1. The summed E-state index contributed by atoms with van der Waals surface area (Å²) >= 11 is 0. The highest BCUT2D eigenvalue weighted by atomic mass is 16.8. The number of carbonyl (C=O) groups is 1. The van der Waals surface area contributed by atoms with Crippen molar-refractivity contribution in [3.05, 3.63) is 24.8 Å². The van der Waals surface area contributed by atoms with Gasteiger partial charge in [-0.2, -0.15) is 0 Å². The lowest BCUT2D eigenvalue weighted by Gasteiger charge is -2.25. The lowest BCUT2D eigenvalue weighted by molar-refractivity contribution is -0.137. The van der Waals surface area contributed by atoms with Crippen LogP contribution in [0.25, 0.3) is 0 Å². The monoisotopic (exact) mass is 408 g/mol. The lowest BCUT2D eigenvalue weighted by Crippen LogP contribution is -2.26. The van der Waals surface area contributed by atoms with Crippen molar-refractivity contribution in [1.82, 2.24) is 0 Å². The van der Waals surface area contributed by atoms with Gasteiger partial charge in [-0.05, 0) is 63.7 Å². The molecule has 2 fully saturated rings. The maximum atomic E-state index is 10.9. The summed E-state index contributed by atoms with van der Waals surface area (Å²) in [4.78, 5) is 10.9. The average molecular weight is 409 g/mol. The Hall–Kier alpha value is -1.21. The molecule has 0 aromatic heterocycles. The molecule has 164 valence electrons. The van der Waals surface area contributed by atoms with E-state index < -0.39 is 0 Å². The third-order valence-corrected chi connectivity index (χ3v) is 6.06. The fourth-order valence-electron chi connectivity index (χ4n) is 4.20. The lowest BCUT2D eigenvalue weighted by atomic mass is 9.85. The Morgan fingerprint density at radius 1 is 1.00 bits per heavy atom. The Bertz CT molecular complexity index is 539. The van der Waals surface area contributed by atoms with E-state index >= 15 is 0 Å². The summed E-state index contributed by atoms with van der Waals surface area (Å²) in [5.41, 5.74) is 0. The van der Waals surface area contributed by atoms with Crippen molar-refractivity contribution in [2.75, 3.05) is 13.2 Å². The SMILES string of the molecule is C=CC(=O)OCCCCCCOC1C=CC(OC2OC2C2CCC(O)CC2)CC1. The Kier molecular flexibility index (Phi) is 9.18. The molecule has 0 aromatic rings. The van der Waals surface area contributed by atoms with Gasteiger partial charge in [-0.15, -0.1) is 0 Å². The summed E-state index contributed by atoms with van der Waals surface area (Å²) in [6.45, 7) is 4.60. The fourth-order valence-corrected chi connectivity index (χ4v) is 4.20. The Morgan fingerprint density at radius 3 is 2.38 bits per heavy atom. The van der Waals surface area contributed by atoms with Crippen molar-refractivity contribution in [3.8, 4) is 0 Å². The molecular formula is C23H36O6. The normalized spacial score (nSPS) is 34.0. The molecule has 6 nitrogen and oxygen atoms in total. The molecule has 4 unspecified atom stereocenters. The molecule has 2 aliphatic carbocycles. The molecule has 1 aliphatic heterocycles. The van der Waals surface area contributed by atoms with Crippen LogP contribution in [0, 0.1) is 5.92 Å². The molecule has 1 heterocycles. The van der Waals surface area contributed by atoms with Gasteiger partial charge in [0.05, 0.1) is 24.9 Å². The fraction of sp³-hybridized carbons (Fsp3) is 0.783. The number of esters is 1. The molecule has 1 saturated carbocycles. The minimum atomic E-state index is -0.350. The second-order valence-electron chi connectivity index (χ2n) is 8.37. The zero-order chi connectivity index (χ0) is 20.5. The average Bonchev–Trinajstić information content (AvgIpc) is 3.50. The van der Waals surface area contributed by atoms with Gasteiger partial charge in [0.25, 0.3) is 0 Å². The van der Waals surface area contributed by atoms with Gasteiger partial charge in [0.2, 0.25) is 0 Å². The third kappa shape index (κ3) is 7.85. The van der Waals surface area contributed by atoms with Gasteiger partial charge in [0, 0.05) is 12.7 Å². The molecule has 0 spiro atoms. The second kappa shape index (κ2) is 11.8. The standard InChI is InChI=1S/C23H36O6/c1-2-21(25)27-16-6-4-3-5-15-26-19-11-13-20(14-12-19)28-23-22(29-23)17-7-9-18(24)10-8-17/h2,11,13,17-20,22-24H,1,3-10,12,14-16H2. The summed E-state index contributed by atoms with van der Waals surface area (Å²) in [5.74, 6) is 0.193. The first-order chi connectivity index (χ1) is 14.2. The molecule has 1 N–H and O–H groups in total. The first-order valence-corrected chi connectivity index (χ1v) is 11.2. The van der Waals surface area contributed by atoms with Gasteiger partial charge in [0.1, 0.15) is 6.10 Å². The molecule has 6 heteroatoms. The van der Waals surface area contributed by atoms with Crippen LogP contribution in [0.1, 0.15) is 64.2 Å². The smallest absolute Gasteiger partial charge is 0.330 e. The predicted octanol–water partition coefficient (Wildman–Crippen LogP) is 3.67. The molecule has 0 aromatic carbocycles. The van der Waals surface area contributed by atoms with Crippen molar-refractivity contribution in [2.24, 2.45) is 5.92 Å². The summed E-state index contributed by atoms with van der Waals surface area (Å²) in [5, 5.41) is 9.62. The number of aliphatic hydroxyl groups is 1. The minimum Gasteiger partial charge on any atom is -0.463 e. The highest BCUT2D eigenvalue weighted by Gasteiger charge is 2.47. The van der Waals surface area contributed by atoms with E-state index in [0.717, 1.165) is 70.8 Å². The molecular weight excluding hydrogens is 372 g/mol. The van der Waals surface area contributed by atoms with Gasteiger partial charge < -0.3 is 24.1 Å². The molecule has 0 radical (unpaired) electrons. The van der Waals surface area contributed by atoms with Crippen LogP contribution in [0.4, 0.5) is 0 Å². The van der Waals surface area contributed by atoms with Crippen LogP contribution < -0.4 is 0 Å². The molecule has 3 rings (SSSR count). The predicted molar refractivity (Wildman–Crippen MR) is 109 cm³/mol. The Balaban J connectivity index is 1.19. The minimum absolute atomic E-state index is 0.0619. The highest BCUT2D eigenvalue weighted by Crippen LogP contribution is 2.40. The van der Waals surface area contributed by atoms with Crippen molar-refractivity contribution >= 4 is 5.97 Å². The van der Waals surface area contributed by atoms with Crippen LogP contribution in [0.5, 0.6) is 0 Å². The van der Waals surface area contributed by atoms with Crippen molar-refractivity contribution in [3.63, 3.8) is 0 Å². The molecule has 3 aliphatic rings. The molecule has 1 saturated heterocycles. The van der Waals surface area contributed by atoms with Crippen LogP contribution in [-0.4, -0.2) is 55.0 Å². The van der Waals surface area contributed by atoms with E-state index in [0.29, 0.717) is 12.5 Å². The summed E-state index contributed by atoms with van der Waals surface area (Å²) in [7, 11) is 0. The maximum Gasteiger partial charge on any atom is 0.330 e. The van der Waals surface area contributed by atoms with Crippen LogP contribution in [0.2, 0.25) is 0 Å². The number of epoxide rings is 1. The molecule has 29 heavy (non-hydrogen) atoms. The van der Waals surface area contributed by atoms with E-state index in [4.69, 9.17) is 18.9 Å². The van der Waals surface area contributed by atoms with E-state index in [2.05, 4.69) is 18.7 Å². The van der Waals surface area contributed by atoms with E-state index in [9.17, 15) is 9.90 Å². The van der Waals surface area contributed by atoms with Gasteiger partial charge >= 0.3 is 5.97 Å². The van der Waals surface area contributed by atoms with E-state index in [-0.39, 0.29) is 36.7 Å². The summed E-state index contributed by atoms with van der Waals surface area (Å²) in [6, 6.07) is 0. The zero-order valence-corrected chi connectivity index (χ0v) is 17.4. The quantitative estimate of drug-likeness (QED) is 0.175. The van der Waals surface area contributed by atoms with Crippen molar-refractivity contribution in [2.45, 2.75) is 94.9 Å². The van der Waals surface area contributed by atoms with Crippen molar-refractivity contribution in [1.29, 1.82) is 0 Å². The van der Waals surface area contributed by atoms with E-state index in [1.54, 1.807) is 0 Å². The summed E-state index contributed by atoms with van der Waals surface area (Å²) < 4.78 is 22.7. The largest absolute Gasteiger partial charge is 0.463 e. The Morgan fingerprint density at radius 2 is 1.69 bits per heavy atom. The second-order valence-corrected chi connectivity index (χ2v) is 8.37. The zero-order valence-electron chi connectivity index (χ0n) is 17.4. The van der Waals surface area contributed by atoms with Gasteiger partial charge in [0.15, 0.2) is 6.29 Å². The van der Waals surface area contributed by atoms with Gasteiger partial charge in [-0.3, -0.25) is 0 Å². The number of rotatable bonds is 12. The number of unbranched alkanes of at least 4 members (excludes halogenated alkanes) is 3. The highest BCUT2D eigenvalue weighted by molar-refractivity contribution is 5.81. The third-order valence-electron chi connectivity index (χ3n) is 6.06. The van der Waals surface area contributed by atoms with E-state index in [1.165, 1.54) is 6.08 Å². The molecule has 4 atom stereocenters. The topological polar surface area (TPSA) is 77.5 Å². The van der Waals surface area contributed by atoms with E-state index in [1.807, 2.05) is 0 Å². The van der Waals surface area contributed by atoms with Crippen LogP contribution in [0.15, 0.2) is 24.8 Å². The van der Waals surface area contributed by atoms with Crippen LogP contribution in [0.3, 0.4) is 0 Å². The maximum absolute atomic E-state index is 10.9. The van der Waals surface area contributed by atoms with Crippen LogP contribution >= 0.6 is 0 Å². The molecule has 0 amide bonds. The van der Waals surface area contributed by atoms with Crippen molar-refractivity contribution < 1.29 is 28.8 Å². The van der Waals surface area contributed by atoms with Crippen LogP contribution in [-0.2, 0) is 23.7 Å². The number of hydrogen-bond acceptors (Lipinski definition) is 6. The molecule has 0 bridgehead atoms. The number of hydrogen-bond donors (Lipinski definition) is 1. The number of aliphatic hydroxyl groups excluding tert-OH is 1. The number of ether oxygens (including phenoxy) is 4. The van der Waals surface area contributed by atoms with Gasteiger partial charge in [-0.1, -0.05) is 25.2 Å². The van der Waals surface area contributed by atoms with Gasteiger partial charge in [-0.25, -0.2) is 4.79 Å².